The number of benzene rings is 1. The highest BCUT2D eigenvalue weighted by Crippen LogP contribution is 2.45. The van der Waals surface area contributed by atoms with E-state index in [1.54, 1.807) is 0 Å². The standard InChI is InChI=1S/C27H40INO4/c1-9-32-24(30)23(33-26(4,5)6)20-17(3)21-19(16(2)22(20)28)15-29(25(31)27(21,7)8)18-13-11-10-12-14-18/h18,23H,9-15H2,1-8H3/t23-/m0/s1. The molecular formula is C27H40INO4. The Bertz CT molecular complexity index is 925. The molecule has 0 aromatic heterocycles. The zero-order valence-corrected chi connectivity index (χ0v) is 23.7. The molecule has 3 rings (SSSR count). The second-order valence-corrected chi connectivity index (χ2v) is 12.1. The van der Waals surface area contributed by atoms with Crippen LogP contribution in [0.4, 0.5) is 0 Å². The summed E-state index contributed by atoms with van der Waals surface area (Å²) in [6.45, 7) is 16.8. The molecule has 0 spiro atoms. The summed E-state index contributed by atoms with van der Waals surface area (Å²) in [5, 5.41) is 0. The number of rotatable bonds is 5. The molecule has 1 aliphatic carbocycles. The predicted octanol–water partition coefficient (Wildman–Crippen LogP) is 6.28. The average Bonchev–Trinajstić information content (AvgIpc) is 2.73. The topological polar surface area (TPSA) is 55.8 Å². The summed E-state index contributed by atoms with van der Waals surface area (Å²) in [4.78, 5) is 29.0. The lowest BCUT2D eigenvalue weighted by atomic mass is 9.71. The Hall–Kier alpha value is -1.15. The first-order valence-electron chi connectivity index (χ1n) is 12.3. The van der Waals surface area contributed by atoms with Crippen LogP contribution in [0.25, 0.3) is 0 Å². The summed E-state index contributed by atoms with van der Waals surface area (Å²) >= 11 is 2.35. The van der Waals surface area contributed by atoms with Gasteiger partial charge in [0.2, 0.25) is 5.91 Å². The lowest BCUT2D eigenvalue weighted by Crippen LogP contribution is -2.53. The van der Waals surface area contributed by atoms with E-state index in [1.165, 1.54) is 24.8 Å². The minimum atomic E-state index is -0.830. The van der Waals surface area contributed by atoms with Crippen molar-refractivity contribution in [3.63, 3.8) is 0 Å². The molecule has 6 heteroatoms. The van der Waals surface area contributed by atoms with E-state index in [2.05, 4.69) is 34.4 Å². The second kappa shape index (κ2) is 9.84. The molecule has 2 aliphatic rings. The number of carbonyl (C=O) groups excluding carboxylic acids is 2. The van der Waals surface area contributed by atoms with E-state index in [1.807, 2.05) is 48.5 Å². The number of halogens is 1. The molecule has 1 amide bonds. The molecule has 0 bridgehead atoms. The third kappa shape index (κ3) is 5.12. The molecule has 1 aromatic rings. The minimum Gasteiger partial charge on any atom is -0.464 e. The number of hydrogen-bond donors (Lipinski definition) is 0. The maximum atomic E-state index is 13.8. The lowest BCUT2D eigenvalue weighted by Gasteiger charge is -2.46. The monoisotopic (exact) mass is 569 g/mol. The van der Waals surface area contributed by atoms with Crippen LogP contribution in [0.15, 0.2) is 0 Å². The maximum absolute atomic E-state index is 13.8. The van der Waals surface area contributed by atoms with Gasteiger partial charge in [-0.3, -0.25) is 4.79 Å². The highest BCUT2D eigenvalue weighted by molar-refractivity contribution is 14.1. The van der Waals surface area contributed by atoms with Crippen molar-refractivity contribution in [2.24, 2.45) is 0 Å². The summed E-state index contributed by atoms with van der Waals surface area (Å²) in [6, 6.07) is 0.326. The number of ether oxygens (including phenoxy) is 2. The van der Waals surface area contributed by atoms with E-state index in [0.717, 1.165) is 38.7 Å². The average molecular weight is 570 g/mol. The van der Waals surface area contributed by atoms with E-state index < -0.39 is 17.1 Å². The van der Waals surface area contributed by atoms with Crippen LogP contribution in [0.2, 0.25) is 0 Å². The number of fused-ring (bicyclic) bond motifs is 1. The van der Waals surface area contributed by atoms with Crippen molar-refractivity contribution >= 4 is 34.5 Å². The summed E-state index contributed by atoms with van der Waals surface area (Å²) < 4.78 is 12.7. The van der Waals surface area contributed by atoms with E-state index in [-0.39, 0.29) is 11.9 Å². The smallest absolute Gasteiger partial charge is 0.340 e. The van der Waals surface area contributed by atoms with Crippen molar-refractivity contribution in [1.82, 2.24) is 4.90 Å². The summed E-state index contributed by atoms with van der Waals surface area (Å²) in [7, 11) is 0. The molecule has 1 heterocycles. The van der Waals surface area contributed by atoms with Gasteiger partial charge in [-0.15, -0.1) is 0 Å². The highest BCUT2D eigenvalue weighted by atomic mass is 127. The van der Waals surface area contributed by atoms with Crippen molar-refractivity contribution in [2.75, 3.05) is 6.61 Å². The molecule has 0 unspecified atom stereocenters. The van der Waals surface area contributed by atoms with Crippen LogP contribution < -0.4 is 0 Å². The number of amides is 1. The Morgan fingerprint density at radius 3 is 2.30 bits per heavy atom. The molecule has 1 aliphatic heterocycles. The SMILES string of the molecule is CCOC(=O)[C@@H](OC(C)(C)C)c1c(C)c2c(c(C)c1I)CN(C1CCCCC1)C(=O)C2(C)C. The Morgan fingerprint density at radius 1 is 1.15 bits per heavy atom. The van der Waals surface area contributed by atoms with Gasteiger partial charge in [0.1, 0.15) is 0 Å². The number of esters is 1. The number of nitrogens with zero attached hydrogens (tertiary/aromatic N) is 1. The molecule has 5 nitrogen and oxygen atoms in total. The first-order valence-corrected chi connectivity index (χ1v) is 13.4. The predicted molar refractivity (Wildman–Crippen MR) is 139 cm³/mol. The Kier molecular flexibility index (Phi) is 7.89. The van der Waals surface area contributed by atoms with E-state index in [4.69, 9.17) is 9.47 Å². The fraction of sp³-hybridized carbons (Fsp3) is 0.704. The van der Waals surface area contributed by atoms with Crippen molar-refractivity contribution < 1.29 is 19.1 Å². The summed E-state index contributed by atoms with van der Waals surface area (Å²) in [6.07, 6.45) is 5.01. The third-order valence-corrected chi connectivity index (χ3v) is 8.49. The Labute approximate surface area is 213 Å². The van der Waals surface area contributed by atoms with Crippen LogP contribution in [0.1, 0.15) is 108 Å². The quantitative estimate of drug-likeness (QED) is 0.310. The van der Waals surface area contributed by atoms with Gasteiger partial charge in [0.05, 0.1) is 17.6 Å². The van der Waals surface area contributed by atoms with Crippen LogP contribution in [0, 0.1) is 17.4 Å². The van der Waals surface area contributed by atoms with Crippen molar-refractivity contribution in [3.05, 3.63) is 31.4 Å². The minimum absolute atomic E-state index is 0.195. The van der Waals surface area contributed by atoms with E-state index in [0.29, 0.717) is 19.2 Å². The fourth-order valence-electron chi connectivity index (χ4n) is 5.60. The van der Waals surface area contributed by atoms with Crippen LogP contribution in [0.3, 0.4) is 0 Å². The zero-order chi connectivity index (χ0) is 24.7. The van der Waals surface area contributed by atoms with Crippen LogP contribution in [-0.4, -0.2) is 35.0 Å². The Balaban J connectivity index is 2.18. The van der Waals surface area contributed by atoms with Gasteiger partial charge >= 0.3 is 5.97 Å². The highest BCUT2D eigenvalue weighted by Gasteiger charge is 2.46. The lowest BCUT2D eigenvalue weighted by molar-refractivity contribution is -0.167. The van der Waals surface area contributed by atoms with Crippen molar-refractivity contribution in [2.45, 2.75) is 117 Å². The normalized spacial score (nSPS) is 19.9. The molecule has 0 radical (unpaired) electrons. The van der Waals surface area contributed by atoms with Crippen LogP contribution >= 0.6 is 22.6 Å². The zero-order valence-electron chi connectivity index (χ0n) is 21.6. The molecule has 0 saturated heterocycles. The molecule has 1 fully saturated rings. The van der Waals surface area contributed by atoms with Crippen molar-refractivity contribution in [1.29, 1.82) is 0 Å². The van der Waals surface area contributed by atoms with Gasteiger partial charge in [0.15, 0.2) is 6.10 Å². The van der Waals surface area contributed by atoms with Gasteiger partial charge in [-0.2, -0.15) is 0 Å². The van der Waals surface area contributed by atoms with Crippen LogP contribution in [0.5, 0.6) is 0 Å². The van der Waals surface area contributed by atoms with Gasteiger partial charge < -0.3 is 14.4 Å². The fourth-order valence-corrected chi connectivity index (χ4v) is 6.61. The van der Waals surface area contributed by atoms with Gasteiger partial charge in [0.25, 0.3) is 0 Å². The first-order chi connectivity index (χ1) is 15.3. The molecule has 33 heavy (non-hydrogen) atoms. The Morgan fingerprint density at radius 2 is 1.76 bits per heavy atom. The van der Waals surface area contributed by atoms with Gasteiger partial charge in [-0.05, 0) is 113 Å². The van der Waals surface area contributed by atoms with Gasteiger partial charge in [0, 0.05) is 21.7 Å². The molecule has 184 valence electrons. The number of carbonyl (C=O) groups is 2. The third-order valence-electron chi connectivity index (χ3n) is 7.10. The van der Waals surface area contributed by atoms with Crippen LogP contribution in [-0.2, 0) is 31.0 Å². The van der Waals surface area contributed by atoms with Gasteiger partial charge in [-0.25, -0.2) is 4.79 Å². The van der Waals surface area contributed by atoms with Gasteiger partial charge in [-0.1, -0.05) is 19.3 Å². The summed E-state index contributed by atoms with van der Waals surface area (Å²) in [5.74, 6) is -0.183. The van der Waals surface area contributed by atoms with E-state index >= 15 is 0 Å². The second-order valence-electron chi connectivity index (χ2n) is 11.0. The molecule has 1 aromatic carbocycles. The molecule has 0 N–H and O–H groups in total. The molecule has 1 saturated carbocycles. The first kappa shape index (κ1) is 26.5. The van der Waals surface area contributed by atoms with Crippen molar-refractivity contribution in [3.8, 4) is 0 Å². The molecular weight excluding hydrogens is 529 g/mol. The molecule has 1 atom stereocenters. The largest absolute Gasteiger partial charge is 0.464 e. The van der Waals surface area contributed by atoms with E-state index in [9.17, 15) is 9.59 Å². The summed E-state index contributed by atoms with van der Waals surface area (Å²) in [5.41, 5.74) is 4.05. The number of hydrogen-bond acceptors (Lipinski definition) is 4. The maximum Gasteiger partial charge on any atom is 0.340 e.